The fourth-order valence-corrected chi connectivity index (χ4v) is 11.7. The topological polar surface area (TPSA) is 24.9 Å². The summed E-state index contributed by atoms with van der Waals surface area (Å²) in [5.41, 5.74) is 0. The zero-order valence-corrected chi connectivity index (χ0v) is 20.2. The molecule has 4 rings (SSSR count). The van der Waals surface area contributed by atoms with E-state index in [9.17, 15) is 0 Å². The fraction of sp³-hybridized carbons (Fsp3) is 1.00. The maximum absolute atomic E-state index is 7.01. The van der Waals surface area contributed by atoms with Crippen LogP contribution in [0.2, 0.25) is 0 Å². The van der Waals surface area contributed by atoms with E-state index in [2.05, 4.69) is 23.0 Å². The van der Waals surface area contributed by atoms with Crippen molar-refractivity contribution < 1.29 is 8.85 Å². The predicted octanol–water partition coefficient (Wildman–Crippen LogP) is 5.87. The van der Waals surface area contributed by atoms with Gasteiger partial charge in [0.05, 0.1) is 0 Å². The maximum Gasteiger partial charge on any atom is 0.523 e. The summed E-state index contributed by atoms with van der Waals surface area (Å²) in [6, 6.07) is 2.75. The molecule has 0 aliphatic heterocycles. The Labute approximate surface area is 181 Å². The van der Waals surface area contributed by atoms with Crippen LogP contribution in [0.5, 0.6) is 0 Å². The van der Waals surface area contributed by atoms with Crippen LogP contribution in [-0.2, 0) is 8.85 Å². The Bertz CT molecular complexity index is 405. The van der Waals surface area contributed by atoms with E-state index in [1.165, 1.54) is 103 Å². The van der Waals surface area contributed by atoms with E-state index in [0.29, 0.717) is 24.2 Å². The molecule has 0 amide bonds. The second-order valence-electron chi connectivity index (χ2n) is 9.98. The van der Waals surface area contributed by atoms with E-state index in [0.717, 1.165) is 13.2 Å². The SMILES string of the molecule is CCO[Si](OCC)(N(C1CCCC1)C1CCCC1)N(C1CCCC1)C1CCCC1. The Morgan fingerprint density at radius 1 is 0.517 bits per heavy atom. The summed E-state index contributed by atoms with van der Waals surface area (Å²) in [7, 11) is -2.65. The Balaban J connectivity index is 1.76. The first-order valence-electron chi connectivity index (χ1n) is 13.1. The molecule has 0 atom stereocenters. The molecule has 0 radical (unpaired) electrons. The Morgan fingerprint density at radius 2 is 0.759 bits per heavy atom. The molecule has 4 nitrogen and oxygen atoms in total. The third kappa shape index (κ3) is 4.64. The molecule has 4 fully saturated rings. The second kappa shape index (κ2) is 10.6. The molecule has 0 aromatic heterocycles. The molecule has 0 unspecified atom stereocenters. The summed E-state index contributed by atoms with van der Waals surface area (Å²) in [5, 5.41) is 0. The molecule has 0 aromatic rings. The van der Waals surface area contributed by atoms with Gasteiger partial charge in [-0.2, -0.15) is 0 Å². The van der Waals surface area contributed by atoms with Gasteiger partial charge in [0.1, 0.15) is 0 Å². The van der Waals surface area contributed by atoms with Crippen LogP contribution >= 0.6 is 0 Å². The molecule has 4 aliphatic carbocycles. The zero-order valence-electron chi connectivity index (χ0n) is 19.2. The monoisotopic (exact) mass is 422 g/mol. The van der Waals surface area contributed by atoms with Crippen LogP contribution in [0, 0.1) is 0 Å². The normalized spacial score (nSPS) is 26.1. The van der Waals surface area contributed by atoms with Crippen LogP contribution in [0.15, 0.2) is 0 Å². The Kier molecular flexibility index (Phi) is 8.12. The highest BCUT2D eigenvalue weighted by Gasteiger charge is 2.60. The van der Waals surface area contributed by atoms with Crippen molar-refractivity contribution in [2.24, 2.45) is 0 Å². The Morgan fingerprint density at radius 3 is 0.966 bits per heavy atom. The number of nitrogens with zero attached hydrogens (tertiary/aromatic N) is 2. The first kappa shape index (κ1) is 22.3. The van der Waals surface area contributed by atoms with E-state index in [1.807, 2.05) is 0 Å². The van der Waals surface area contributed by atoms with Gasteiger partial charge in [0.25, 0.3) is 0 Å². The van der Waals surface area contributed by atoms with Crippen molar-refractivity contribution in [2.45, 2.75) is 141 Å². The predicted molar refractivity (Wildman–Crippen MR) is 122 cm³/mol. The lowest BCUT2D eigenvalue weighted by Crippen LogP contribution is -2.76. The van der Waals surface area contributed by atoms with E-state index in [4.69, 9.17) is 8.85 Å². The minimum atomic E-state index is -2.65. The van der Waals surface area contributed by atoms with Gasteiger partial charge in [-0.3, -0.25) is 9.13 Å². The molecule has 4 aliphatic rings. The zero-order chi connectivity index (χ0) is 20.1. The first-order chi connectivity index (χ1) is 14.3. The largest absolute Gasteiger partial charge is 0.523 e. The van der Waals surface area contributed by atoms with Gasteiger partial charge in [-0.05, 0) is 65.2 Å². The molecule has 29 heavy (non-hydrogen) atoms. The molecular formula is C24H46N2O2Si. The highest BCUT2D eigenvalue weighted by atomic mass is 28.4. The summed E-state index contributed by atoms with van der Waals surface area (Å²) < 4.78 is 19.9. The molecule has 0 aromatic carbocycles. The molecule has 4 saturated carbocycles. The second-order valence-corrected chi connectivity index (χ2v) is 12.7. The summed E-state index contributed by atoms with van der Waals surface area (Å²) in [5.74, 6) is 0. The van der Waals surface area contributed by atoms with E-state index >= 15 is 0 Å². The van der Waals surface area contributed by atoms with Gasteiger partial charge in [0.15, 0.2) is 0 Å². The van der Waals surface area contributed by atoms with Crippen LogP contribution < -0.4 is 0 Å². The third-order valence-electron chi connectivity index (χ3n) is 8.19. The van der Waals surface area contributed by atoms with Gasteiger partial charge >= 0.3 is 8.88 Å². The van der Waals surface area contributed by atoms with Gasteiger partial charge < -0.3 is 8.85 Å². The lowest BCUT2D eigenvalue weighted by Gasteiger charge is -2.54. The van der Waals surface area contributed by atoms with Crippen molar-refractivity contribution in [2.75, 3.05) is 13.2 Å². The van der Waals surface area contributed by atoms with E-state index < -0.39 is 8.88 Å². The van der Waals surface area contributed by atoms with E-state index in [1.54, 1.807) is 0 Å². The van der Waals surface area contributed by atoms with Crippen LogP contribution in [0.1, 0.15) is 117 Å². The molecule has 0 heterocycles. The third-order valence-corrected chi connectivity index (χ3v) is 12.3. The van der Waals surface area contributed by atoms with Gasteiger partial charge in [-0.25, -0.2) is 0 Å². The highest BCUT2D eigenvalue weighted by Crippen LogP contribution is 2.43. The average Bonchev–Trinajstić information content (AvgIpc) is 3.51. The van der Waals surface area contributed by atoms with Gasteiger partial charge in [0.2, 0.25) is 0 Å². The van der Waals surface area contributed by atoms with Crippen LogP contribution in [0.4, 0.5) is 0 Å². The van der Waals surface area contributed by atoms with E-state index in [-0.39, 0.29) is 0 Å². The van der Waals surface area contributed by atoms with Crippen molar-refractivity contribution >= 4 is 8.88 Å². The number of hydrogen-bond acceptors (Lipinski definition) is 4. The molecule has 0 saturated heterocycles. The van der Waals surface area contributed by atoms with Crippen molar-refractivity contribution in [3.63, 3.8) is 0 Å². The van der Waals surface area contributed by atoms with Gasteiger partial charge in [-0.1, -0.05) is 51.4 Å². The molecular weight excluding hydrogens is 376 g/mol. The van der Waals surface area contributed by atoms with Crippen molar-refractivity contribution in [1.82, 2.24) is 9.13 Å². The highest BCUT2D eigenvalue weighted by molar-refractivity contribution is 6.62. The summed E-state index contributed by atoms with van der Waals surface area (Å²) >= 11 is 0. The molecule has 168 valence electrons. The van der Waals surface area contributed by atoms with Crippen molar-refractivity contribution in [3.05, 3.63) is 0 Å². The number of hydrogen-bond donors (Lipinski definition) is 0. The first-order valence-corrected chi connectivity index (χ1v) is 14.9. The fourth-order valence-electron chi connectivity index (χ4n) is 7.10. The summed E-state index contributed by atoms with van der Waals surface area (Å²) in [6.07, 6.45) is 22.0. The standard InChI is InChI=1S/C24H46N2O2Si/c1-3-27-29(28-4-2,25(21-13-5-6-14-21)22-15-7-8-16-22)26(23-17-9-10-18-23)24-19-11-12-20-24/h21-24H,3-20H2,1-2H3. The van der Waals surface area contributed by atoms with Gasteiger partial charge in [0, 0.05) is 37.4 Å². The lowest BCUT2D eigenvalue weighted by atomic mass is 10.2. The lowest BCUT2D eigenvalue weighted by molar-refractivity contribution is 0.00487. The minimum Gasteiger partial charge on any atom is -0.371 e. The maximum atomic E-state index is 7.01. The van der Waals surface area contributed by atoms with Crippen LogP contribution in [-0.4, -0.2) is 55.4 Å². The molecule has 0 N–H and O–H groups in total. The molecule has 5 heteroatoms. The quantitative estimate of drug-likeness (QED) is 0.411. The smallest absolute Gasteiger partial charge is 0.371 e. The molecule has 0 spiro atoms. The Hall–Kier alpha value is 0.0569. The van der Waals surface area contributed by atoms with Gasteiger partial charge in [-0.15, -0.1) is 0 Å². The van der Waals surface area contributed by atoms with Crippen molar-refractivity contribution in [3.8, 4) is 0 Å². The van der Waals surface area contributed by atoms with Crippen LogP contribution in [0.3, 0.4) is 0 Å². The number of rotatable bonds is 10. The average molecular weight is 423 g/mol. The summed E-state index contributed by atoms with van der Waals surface area (Å²) in [4.78, 5) is 0. The van der Waals surface area contributed by atoms with Crippen molar-refractivity contribution in [1.29, 1.82) is 0 Å². The van der Waals surface area contributed by atoms with Crippen LogP contribution in [0.25, 0.3) is 0 Å². The minimum absolute atomic E-state index is 0.688. The molecule has 0 bridgehead atoms. The summed E-state index contributed by atoms with van der Waals surface area (Å²) in [6.45, 7) is 6.00.